The molecule has 0 atom stereocenters. The average molecular weight is 317 g/mol. The van der Waals surface area contributed by atoms with Crippen molar-refractivity contribution in [1.82, 2.24) is 9.97 Å². The second kappa shape index (κ2) is 5.16. The summed E-state index contributed by atoms with van der Waals surface area (Å²) in [5.41, 5.74) is 3.68. The Balaban J connectivity index is 2.22. The van der Waals surface area contributed by atoms with Crippen molar-refractivity contribution in [3.05, 3.63) is 58.9 Å². The maximum absolute atomic E-state index is 14.3. The number of carbonyl (C=O) groups is 2. The molecule has 23 heavy (non-hydrogen) atoms. The van der Waals surface area contributed by atoms with Crippen molar-refractivity contribution in [3.63, 3.8) is 0 Å². The van der Waals surface area contributed by atoms with Crippen LogP contribution in [0.2, 0.25) is 0 Å². The predicted molar refractivity (Wildman–Crippen MR) is 76.1 cm³/mol. The highest BCUT2D eigenvalue weighted by Gasteiger charge is 2.25. The van der Waals surface area contributed by atoms with Crippen molar-refractivity contribution in [2.75, 3.05) is 0 Å². The van der Waals surface area contributed by atoms with Gasteiger partial charge >= 0.3 is 0 Å². The number of primary amides is 1. The minimum atomic E-state index is -1.33. The van der Waals surface area contributed by atoms with Gasteiger partial charge in [-0.05, 0) is 18.2 Å². The number of halogens is 2. The second-order valence-corrected chi connectivity index (χ2v) is 4.77. The van der Waals surface area contributed by atoms with Crippen molar-refractivity contribution in [3.8, 4) is 5.75 Å². The number of pyridine rings is 1. The molecule has 0 aliphatic carbocycles. The minimum Gasteiger partial charge on any atom is -0.506 e. The number of nitrogens with zero attached hydrogens (tertiary/aromatic N) is 1. The van der Waals surface area contributed by atoms with Gasteiger partial charge in [0, 0.05) is 17.1 Å². The van der Waals surface area contributed by atoms with Gasteiger partial charge in [0.05, 0.1) is 17.3 Å². The number of aromatic nitrogens is 2. The van der Waals surface area contributed by atoms with Crippen molar-refractivity contribution >= 4 is 22.7 Å². The van der Waals surface area contributed by atoms with Gasteiger partial charge in [0.25, 0.3) is 5.91 Å². The molecule has 1 aromatic carbocycles. The zero-order valence-electron chi connectivity index (χ0n) is 11.4. The van der Waals surface area contributed by atoms with E-state index in [4.69, 9.17) is 5.73 Å². The van der Waals surface area contributed by atoms with Crippen LogP contribution in [0.15, 0.2) is 30.6 Å². The van der Waals surface area contributed by atoms with Crippen LogP contribution in [0.1, 0.15) is 26.3 Å². The molecule has 1 amide bonds. The molecule has 6 nitrogen and oxygen atoms in total. The molecule has 2 aromatic heterocycles. The number of rotatable bonds is 3. The maximum Gasteiger partial charge on any atom is 0.251 e. The van der Waals surface area contributed by atoms with Gasteiger partial charge in [0.1, 0.15) is 23.0 Å². The molecular weight excluding hydrogens is 308 g/mol. The quantitative estimate of drug-likeness (QED) is 0.641. The number of nitrogens with one attached hydrogen (secondary N) is 1. The predicted octanol–water partition coefficient (Wildman–Crippen LogP) is 1.88. The Morgan fingerprint density at radius 2 is 1.96 bits per heavy atom. The molecule has 0 saturated carbocycles. The number of hydrogen-bond donors (Lipinski definition) is 3. The Morgan fingerprint density at radius 3 is 2.65 bits per heavy atom. The molecule has 0 unspecified atom stereocenters. The molecule has 0 saturated heterocycles. The lowest BCUT2D eigenvalue weighted by Gasteiger charge is -2.06. The number of H-pyrrole nitrogens is 1. The molecule has 0 aliphatic rings. The zero-order chi connectivity index (χ0) is 16.7. The Kier molecular flexibility index (Phi) is 3.29. The Labute approximate surface area is 127 Å². The number of aromatic amines is 1. The highest BCUT2D eigenvalue weighted by Crippen LogP contribution is 2.26. The van der Waals surface area contributed by atoms with Gasteiger partial charge in [-0.3, -0.25) is 9.59 Å². The number of benzene rings is 1. The van der Waals surface area contributed by atoms with Crippen LogP contribution in [0.3, 0.4) is 0 Å². The van der Waals surface area contributed by atoms with Crippen molar-refractivity contribution in [2.45, 2.75) is 0 Å². The van der Waals surface area contributed by atoms with E-state index >= 15 is 0 Å². The molecule has 2 heterocycles. The molecule has 0 aliphatic heterocycles. The molecule has 3 aromatic rings. The fourth-order valence-corrected chi connectivity index (χ4v) is 2.27. The first-order chi connectivity index (χ1) is 10.9. The van der Waals surface area contributed by atoms with E-state index < -0.39 is 34.5 Å². The molecule has 4 N–H and O–H groups in total. The van der Waals surface area contributed by atoms with Gasteiger partial charge < -0.3 is 15.8 Å². The maximum atomic E-state index is 14.3. The van der Waals surface area contributed by atoms with Crippen molar-refractivity contribution in [2.24, 2.45) is 5.73 Å². The second-order valence-electron chi connectivity index (χ2n) is 4.77. The number of hydrogen-bond acceptors (Lipinski definition) is 4. The summed E-state index contributed by atoms with van der Waals surface area (Å²) in [6, 6.07) is 2.90. The van der Waals surface area contributed by atoms with E-state index in [2.05, 4.69) is 9.97 Å². The van der Waals surface area contributed by atoms with E-state index in [1.54, 1.807) is 0 Å². The summed E-state index contributed by atoms with van der Waals surface area (Å²) < 4.78 is 28.2. The van der Waals surface area contributed by atoms with Crippen LogP contribution in [0.25, 0.3) is 11.0 Å². The first-order valence-corrected chi connectivity index (χ1v) is 6.38. The van der Waals surface area contributed by atoms with Gasteiger partial charge in [-0.25, -0.2) is 13.8 Å². The fourth-order valence-electron chi connectivity index (χ4n) is 2.27. The van der Waals surface area contributed by atoms with E-state index in [9.17, 15) is 23.5 Å². The standard InChI is InChI=1S/C15H9F2N3O3/c16-10-2-1-7(14(18)23)12(17)11(10)13(22)9-5-20-15-8(9)3-6(21)4-19-15/h1-5,21H,(H2,18,23)(H,19,20). The molecule has 0 spiro atoms. The molecule has 0 radical (unpaired) electrons. The Morgan fingerprint density at radius 1 is 1.22 bits per heavy atom. The Hall–Kier alpha value is -3.29. The van der Waals surface area contributed by atoms with Gasteiger partial charge in [0.2, 0.25) is 5.78 Å². The van der Waals surface area contributed by atoms with Gasteiger partial charge in [-0.15, -0.1) is 0 Å². The summed E-state index contributed by atoms with van der Waals surface area (Å²) in [5, 5.41) is 9.65. The molecular formula is C15H9F2N3O3. The zero-order valence-corrected chi connectivity index (χ0v) is 11.4. The van der Waals surface area contributed by atoms with Crippen LogP contribution in [-0.4, -0.2) is 26.8 Å². The largest absolute Gasteiger partial charge is 0.506 e. The summed E-state index contributed by atoms with van der Waals surface area (Å²) in [7, 11) is 0. The monoisotopic (exact) mass is 317 g/mol. The summed E-state index contributed by atoms with van der Waals surface area (Å²) >= 11 is 0. The van der Waals surface area contributed by atoms with Crippen LogP contribution in [0.4, 0.5) is 8.78 Å². The van der Waals surface area contributed by atoms with E-state index in [1.165, 1.54) is 12.3 Å². The molecule has 0 fully saturated rings. The van der Waals surface area contributed by atoms with Crippen LogP contribution in [-0.2, 0) is 0 Å². The smallest absolute Gasteiger partial charge is 0.251 e. The summed E-state index contributed by atoms with van der Waals surface area (Å²) in [6.07, 6.45) is 2.37. The van der Waals surface area contributed by atoms with Gasteiger partial charge in [0.15, 0.2) is 0 Å². The van der Waals surface area contributed by atoms with Crippen LogP contribution >= 0.6 is 0 Å². The molecule has 116 valence electrons. The number of carbonyl (C=O) groups excluding carboxylic acids is 2. The van der Waals surface area contributed by atoms with Crippen molar-refractivity contribution < 1.29 is 23.5 Å². The van der Waals surface area contributed by atoms with E-state index in [1.807, 2.05) is 0 Å². The number of fused-ring (bicyclic) bond motifs is 1. The SMILES string of the molecule is NC(=O)c1ccc(F)c(C(=O)c2c[nH]c3ncc(O)cc23)c1F. The third-order valence-electron chi connectivity index (χ3n) is 3.34. The number of ketones is 1. The highest BCUT2D eigenvalue weighted by atomic mass is 19.1. The lowest BCUT2D eigenvalue weighted by Crippen LogP contribution is -2.17. The fraction of sp³-hybridized carbons (Fsp3) is 0. The normalized spacial score (nSPS) is 10.9. The number of amides is 1. The third-order valence-corrected chi connectivity index (χ3v) is 3.34. The summed E-state index contributed by atoms with van der Waals surface area (Å²) in [5.74, 6) is -4.78. The number of nitrogens with two attached hydrogens (primary N) is 1. The van der Waals surface area contributed by atoms with Gasteiger partial charge in [-0.1, -0.05) is 0 Å². The first kappa shape index (κ1) is 14.6. The molecule has 0 bridgehead atoms. The Bertz CT molecular complexity index is 966. The minimum absolute atomic E-state index is 0.0946. The molecule has 3 rings (SSSR count). The van der Waals surface area contributed by atoms with Crippen molar-refractivity contribution in [1.29, 1.82) is 0 Å². The van der Waals surface area contributed by atoms with E-state index in [0.717, 1.165) is 18.3 Å². The lowest BCUT2D eigenvalue weighted by atomic mass is 9.99. The third kappa shape index (κ3) is 2.30. The average Bonchev–Trinajstić information content (AvgIpc) is 2.89. The summed E-state index contributed by atoms with van der Waals surface area (Å²) in [4.78, 5) is 30.1. The lowest BCUT2D eigenvalue weighted by molar-refractivity contribution is 0.0996. The van der Waals surface area contributed by atoms with Gasteiger partial charge in [-0.2, -0.15) is 0 Å². The molecule has 8 heteroatoms. The topological polar surface area (TPSA) is 109 Å². The van der Waals surface area contributed by atoms with E-state index in [-0.39, 0.29) is 22.3 Å². The summed E-state index contributed by atoms with van der Waals surface area (Å²) in [6.45, 7) is 0. The van der Waals surface area contributed by atoms with Crippen LogP contribution in [0, 0.1) is 11.6 Å². The van der Waals surface area contributed by atoms with Crippen LogP contribution in [0.5, 0.6) is 5.75 Å². The number of aromatic hydroxyl groups is 1. The van der Waals surface area contributed by atoms with Crippen LogP contribution < -0.4 is 5.73 Å². The first-order valence-electron chi connectivity index (χ1n) is 6.38. The van der Waals surface area contributed by atoms with E-state index in [0.29, 0.717) is 0 Å². The highest BCUT2D eigenvalue weighted by molar-refractivity contribution is 6.17.